The maximum absolute atomic E-state index is 12.4. The molecule has 23 heavy (non-hydrogen) atoms. The Morgan fingerprint density at radius 3 is 3.04 bits per heavy atom. The summed E-state index contributed by atoms with van der Waals surface area (Å²) in [4.78, 5) is 9.81. The molecule has 3 aromatic heterocycles. The molecule has 0 amide bonds. The van der Waals surface area contributed by atoms with E-state index in [4.69, 9.17) is 15.2 Å². The first kappa shape index (κ1) is 14.1. The molecule has 0 unspecified atom stereocenters. The largest absolute Gasteiger partial charge is 0.857 e. The number of rotatable bonds is 2. The molecule has 0 radical (unpaired) electrons. The highest BCUT2D eigenvalue weighted by Crippen LogP contribution is 2.35. The molecule has 118 valence electrons. The van der Waals surface area contributed by atoms with Crippen LogP contribution in [-0.2, 0) is 19.9 Å². The minimum Gasteiger partial charge on any atom is -0.857 e. The van der Waals surface area contributed by atoms with E-state index in [9.17, 15) is 5.11 Å². The highest BCUT2D eigenvalue weighted by molar-refractivity contribution is 7.21. The summed E-state index contributed by atoms with van der Waals surface area (Å²) in [6, 6.07) is 2.08. The van der Waals surface area contributed by atoms with Crippen LogP contribution in [0.1, 0.15) is 29.0 Å². The van der Waals surface area contributed by atoms with E-state index in [1.807, 2.05) is 0 Å². The van der Waals surface area contributed by atoms with Crippen LogP contribution >= 0.6 is 11.3 Å². The van der Waals surface area contributed by atoms with Crippen molar-refractivity contribution in [3.05, 3.63) is 28.4 Å². The molecule has 0 saturated carbocycles. The van der Waals surface area contributed by atoms with E-state index in [1.54, 1.807) is 7.05 Å². The van der Waals surface area contributed by atoms with Crippen LogP contribution in [0, 0.1) is 0 Å². The van der Waals surface area contributed by atoms with E-state index >= 15 is 0 Å². The molecule has 0 saturated heterocycles. The summed E-state index contributed by atoms with van der Waals surface area (Å²) in [5, 5.41) is 16.9. The number of aromatic nitrogens is 3. The number of pyridine rings is 1. The third-order valence-corrected chi connectivity index (χ3v) is 5.07. The van der Waals surface area contributed by atoms with Gasteiger partial charge < -0.3 is 10.8 Å². The number of aryl methyl sites for hydroxylation is 3. The highest BCUT2D eigenvalue weighted by Gasteiger charge is 2.17. The molecule has 8 heteroatoms. The second kappa shape index (κ2) is 5.31. The summed E-state index contributed by atoms with van der Waals surface area (Å²) in [5.74, 6) is -0.276. The molecular formula is C15H15N5O2S. The van der Waals surface area contributed by atoms with Crippen molar-refractivity contribution in [2.45, 2.75) is 25.7 Å². The Balaban J connectivity index is 1.81. The van der Waals surface area contributed by atoms with Gasteiger partial charge in [0.25, 0.3) is 6.20 Å². The van der Waals surface area contributed by atoms with Crippen molar-refractivity contribution in [3.63, 3.8) is 0 Å². The fourth-order valence-corrected chi connectivity index (χ4v) is 3.81. The number of aliphatic imine (C=N–C) groups is 1. The van der Waals surface area contributed by atoms with Crippen molar-refractivity contribution >= 4 is 39.0 Å². The number of fused-ring (bicyclic) bond motifs is 2. The summed E-state index contributed by atoms with van der Waals surface area (Å²) in [6.07, 6.45) is 5.88. The maximum atomic E-state index is 12.4. The standard InChI is InChI=1S/C15H15N5O2S/c1-20-7-11(22-19-20)18-14(21)13-12(16)9-6-8-4-2-3-5-10(8)17-15(9)23-13/h6-7H,2-5H2,1H3,(H2-,16,18,19,21). The van der Waals surface area contributed by atoms with Crippen LogP contribution in [-0.4, -0.2) is 16.2 Å². The molecule has 3 aromatic rings. The smallest absolute Gasteiger partial charge is 0.320 e. The number of nitrogens with zero attached hydrogens (tertiary/aromatic N) is 4. The number of nitrogen functional groups attached to an aromatic ring is 1. The van der Waals surface area contributed by atoms with Crippen molar-refractivity contribution in [3.8, 4) is 0 Å². The molecule has 0 aromatic carbocycles. The fourth-order valence-electron chi connectivity index (χ4n) is 2.83. The van der Waals surface area contributed by atoms with E-state index in [1.165, 1.54) is 34.2 Å². The number of thiophene rings is 1. The molecule has 2 N–H and O–H groups in total. The first-order valence-corrected chi connectivity index (χ1v) is 8.23. The zero-order valence-electron chi connectivity index (χ0n) is 12.6. The van der Waals surface area contributed by atoms with E-state index in [0.717, 1.165) is 35.2 Å². The Kier molecular flexibility index (Phi) is 3.26. The minimum atomic E-state index is -0.430. The fraction of sp³-hybridized carbons (Fsp3) is 0.333. The summed E-state index contributed by atoms with van der Waals surface area (Å²) in [5.41, 5.74) is 8.99. The minimum absolute atomic E-state index is 0.154. The Labute approximate surface area is 136 Å². The monoisotopic (exact) mass is 329 g/mol. The molecule has 0 fully saturated rings. The molecule has 4 rings (SSSR count). The topological polar surface area (TPSA) is 104 Å². The molecular weight excluding hydrogens is 314 g/mol. The Morgan fingerprint density at radius 1 is 1.43 bits per heavy atom. The third-order valence-electron chi connectivity index (χ3n) is 3.97. The zero-order valence-corrected chi connectivity index (χ0v) is 13.4. The van der Waals surface area contributed by atoms with Gasteiger partial charge in [-0.15, -0.1) is 11.3 Å². The lowest BCUT2D eigenvalue weighted by atomic mass is 9.95. The van der Waals surface area contributed by atoms with Crippen LogP contribution in [0.15, 0.2) is 21.8 Å². The van der Waals surface area contributed by atoms with Gasteiger partial charge in [0, 0.05) is 17.0 Å². The van der Waals surface area contributed by atoms with Gasteiger partial charge in [-0.1, -0.05) is 4.68 Å². The van der Waals surface area contributed by atoms with Crippen LogP contribution < -0.4 is 15.5 Å². The van der Waals surface area contributed by atoms with E-state index in [2.05, 4.69) is 16.3 Å². The van der Waals surface area contributed by atoms with E-state index in [0.29, 0.717) is 10.6 Å². The van der Waals surface area contributed by atoms with Gasteiger partial charge in [-0.2, -0.15) is 0 Å². The number of anilines is 1. The predicted molar refractivity (Wildman–Crippen MR) is 84.6 cm³/mol. The summed E-state index contributed by atoms with van der Waals surface area (Å²) < 4.78 is 6.37. The number of nitrogens with two attached hydrogens (primary N) is 1. The zero-order chi connectivity index (χ0) is 16.0. The predicted octanol–water partition coefficient (Wildman–Crippen LogP) is 1.01. The van der Waals surface area contributed by atoms with Crippen molar-refractivity contribution in [1.82, 2.24) is 10.3 Å². The molecule has 1 aliphatic rings. The summed E-state index contributed by atoms with van der Waals surface area (Å²) >= 11 is 1.28. The number of hydrogen-bond donors (Lipinski definition) is 1. The molecule has 0 bridgehead atoms. The average Bonchev–Trinajstić information content (AvgIpc) is 3.09. The van der Waals surface area contributed by atoms with Crippen LogP contribution in [0.5, 0.6) is 0 Å². The molecule has 7 nitrogen and oxygen atoms in total. The average molecular weight is 329 g/mol. The molecule has 3 heterocycles. The molecule has 0 aliphatic heterocycles. The van der Waals surface area contributed by atoms with Crippen molar-refractivity contribution in [2.75, 3.05) is 5.73 Å². The van der Waals surface area contributed by atoms with Gasteiger partial charge in [-0.25, -0.2) is 9.98 Å². The van der Waals surface area contributed by atoms with Crippen LogP contribution in [0.25, 0.3) is 10.2 Å². The van der Waals surface area contributed by atoms with Gasteiger partial charge in [0.05, 0.1) is 10.6 Å². The summed E-state index contributed by atoms with van der Waals surface area (Å²) in [6.45, 7) is 0. The van der Waals surface area contributed by atoms with Gasteiger partial charge in [0.2, 0.25) is 0 Å². The normalized spacial score (nSPS) is 15.1. The lowest BCUT2D eigenvalue weighted by Crippen LogP contribution is -2.27. The van der Waals surface area contributed by atoms with Crippen molar-refractivity contribution in [2.24, 2.45) is 12.0 Å². The van der Waals surface area contributed by atoms with E-state index < -0.39 is 5.90 Å². The third kappa shape index (κ3) is 2.44. The second-order valence-corrected chi connectivity index (χ2v) is 6.63. The van der Waals surface area contributed by atoms with E-state index in [-0.39, 0.29) is 5.88 Å². The quantitative estimate of drug-likeness (QED) is 0.429. The van der Waals surface area contributed by atoms with Crippen LogP contribution in [0.3, 0.4) is 0 Å². The van der Waals surface area contributed by atoms with Crippen LogP contribution in [0.2, 0.25) is 0 Å². The molecule has 0 atom stereocenters. The van der Waals surface area contributed by atoms with Crippen molar-refractivity contribution in [1.29, 1.82) is 0 Å². The Hall–Kier alpha value is -2.48. The Morgan fingerprint density at radius 2 is 2.26 bits per heavy atom. The van der Waals surface area contributed by atoms with Crippen LogP contribution in [0.4, 0.5) is 11.6 Å². The first-order valence-electron chi connectivity index (χ1n) is 7.41. The van der Waals surface area contributed by atoms with Gasteiger partial charge in [-0.3, -0.25) is 4.52 Å². The SMILES string of the molecule is C[n+]1cc(/N=C(\[O-])c2sc3nc4c(cc3c2N)CCCC4)on1. The van der Waals surface area contributed by atoms with Gasteiger partial charge in [0.1, 0.15) is 4.83 Å². The lowest BCUT2D eigenvalue weighted by Gasteiger charge is -2.14. The van der Waals surface area contributed by atoms with Gasteiger partial charge >= 0.3 is 5.88 Å². The van der Waals surface area contributed by atoms with Gasteiger partial charge in [0.15, 0.2) is 12.3 Å². The Bertz CT molecular complexity index is 927. The molecule has 0 spiro atoms. The summed E-state index contributed by atoms with van der Waals surface area (Å²) in [7, 11) is 1.69. The van der Waals surface area contributed by atoms with Gasteiger partial charge in [-0.05, 0) is 37.3 Å². The van der Waals surface area contributed by atoms with Crippen molar-refractivity contribution < 1.29 is 14.3 Å². The first-order chi connectivity index (χ1) is 11.1. The second-order valence-electron chi connectivity index (χ2n) is 5.63. The lowest BCUT2D eigenvalue weighted by molar-refractivity contribution is -0.739. The highest BCUT2D eigenvalue weighted by atomic mass is 32.1. The molecule has 1 aliphatic carbocycles. The number of hydrogen-bond acceptors (Lipinski definition) is 7. The maximum Gasteiger partial charge on any atom is 0.320 e.